The molecule has 3 atom stereocenters. The molecule has 23 heavy (non-hydrogen) atoms. The fourth-order valence-electron chi connectivity index (χ4n) is 3.52. The summed E-state index contributed by atoms with van der Waals surface area (Å²) in [7, 11) is 0. The lowest BCUT2D eigenvalue weighted by Gasteiger charge is -2.32. The number of amides is 1. The summed E-state index contributed by atoms with van der Waals surface area (Å²) < 4.78 is 5.42. The summed E-state index contributed by atoms with van der Waals surface area (Å²) >= 11 is 0. The van der Waals surface area contributed by atoms with Gasteiger partial charge in [-0.05, 0) is 52.9 Å². The predicted molar refractivity (Wildman–Crippen MR) is 83.7 cm³/mol. The molecular formula is C17H27NO5. The van der Waals surface area contributed by atoms with Crippen LogP contribution in [0.5, 0.6) is 0 Å². The molecule has 1 aliphatic carbocycles. The van der Waals surface area contributed by atoms with Crippen molar-refractivity contribution in [1.82, 2.24) is 4.90 Å². The zero-order valence-corrected chi connectivity index (χ0v) is 14.2. The number of rotatable bonds is 3. The number of esters is 1. The van der Waals surface area contributed by atoms with Crippen LogP contribution in [0.2, 0.25) is 0 Å². The van der Waals surface area contributed by atoms with Gasteiger partial charge in [-0.2, -0.15) is 0 Å². The number of hydrogen-bond acceptors (Lipinski definition) is 4. The van der Waals surface area contributed by atoms with Gasteiger partial charge in [0.25, 0.3) is 0 Å². The van der Waals surface area contributed by atoms with E-state index in [2.05, 4.69) is 0 Å². The number of aliphatic carboxylic acids is 1. The van der Waals surface area contributed by atoms with Gasteiger partial charge < -0.3 is 14.7 Å². The van der Waals surface area contributed by atoms with Crippen molar-refractivity contribution >= 4 is 17.8 Å². The second kappa shape index (κ2) is 6.89. The van der Waals surface area contributed by atoms with Gasteiger partial charge in [0.15, 0.2) is 0 Å². The smallest absolute Gasteiger partial charge is 0.329 e. The zero-order valence-electron chi connectivity index (χ0n) is 14.2. The van der Waals surface area contributed by atoms with Crippen LogP contribution in [-0.2, 0) is 19.1 Å². The summed E-state index contributed by atoms with van der Waals surface area (Å²) in [6.07, 6.45) is 3.87. The molecule has 0 bridgehead atoms. The maximum atomic E-state index is 12.8. The molecule has 2 fully saturated rings. The number of ether oxygens (including phenoxy) is 1. The van der Waals surface area contributed by atoms with Crippen LogP contribution in [0, 0.1) is 11.8 Å². The highest BCUT2D eigenvalue weighted by Gasteiger charge is 2.41. The van der Waals surface area contributed by atoms with Crippen molar-refractivity contribution in [1.29, 1.82) is 0 Å². The Bertz CT molecular complexity index is 482. The van der Waals surface area contributed by atoms with Crippen molar-refractivity contribution in [3.8, 4) is 0 Å². The number of carbonyl (C=O) groups excluding carboxylic acids is 2. The number of carbonyl (C=O) groups is 3. The monoisotopic (exact) mass is 325 g/mol. The van der Waals surface area contributed by atoms with E-state index < -0.39 is 23.5 Å². The second-order valence-electron chi connectivity index (χ2n) is 7.62. The zero-order chi connectivity index (χ0) is 17.2. The van der Waals surface area contributed by atoms with Crippen LogP contribution in [0.4, 0.5) is 0 Å². The maximum absolute atomic E-state index is 12.8. The Labute approximate surface area is 137 Å². The van der Waals surface area contributed by atoms with Crippen LogP contribution in [0.15, 0.2) is 0 Å². The Morgan fingerprint density at radius 1 is 1.04 bits per heavy atom. The first-order valence-corrected chi connectivity index (χ1v) is 8.45. The predicted octanol–water partition coefficient (Wildman–Crippen LogP) is 2.21. The molecule has 6 heteroatoms. The molecule has 1 aliphatic heterocycles. The number of nitrogens with zero attached hydrogens (tertiary/aromatic N) is 1. The fourth-order valence-corrected chi connectivity index (χ4v) is 3.52. The van der Waals surface area contributed by atoms with E-state index in [4.69, 9.17) is 4.74 Å². The third-order valence-electron chi connectivity index (χ3n) is 4.59. The Morgan fingerprint density at radius 3 is 2.30 bits per heavy atom. The van der Waals surface area contributed by atoms with E-state index in [1.807, 2.05) is 20.8 Å². The number of carboxylic acids is 1. The molecule has 2 aliphatic rings. The lowest BCUT2D eigenvalue weighted by atomic mass is 9.80. The van der Waals surface area contributed by atoms with Gasteiger partial charge in [-0.25, -0.2) is 4.79 Å². The SMILES string of the molecule is CC(C)(C)OC(=O)[C@H]1CCCN1C(=O)C1CCCC(C(=O)O)C1. The first kappa shape index (κ1) is 17.8. The van der Waals surface area contributed by atoms with Crippen LogP contribution < -0.4 is 0 Å². The Hall–Kier alpha value is -1.59. The molecule has 2 unspecified atom stereocenters. The Morgan fingerprint density at radius 2 is 1.70 bits per heavy atom. The molecule has 0 aromatic carbocycles. The van der Waals surface area contributed by atoms with Crippen molar-refractivity contribution in [3.63, 3.8) is 0 Å². The molecule has 130 valence electrons. The molecule has 0 spiro atoms. The summed E-state index contributed by atoms with van der Waals surface area (Å²) in [5.41, 5.74) is -0.576. The number of hydrogen-bond donors (Lipinski definition) is 1. The minimum absolute atomic E-state index is 0.0793. The van der Waals surface area contributed by atoms with E-state index in [0.29, 0.717) is 32.2 Å². The molecule has 1 heterocycles. The van der Waals surface area contributed by atoms with Gasteiger partial charge in [0.1, 0.15) is 11.6 Å². The fraction of sp³-hybridized carbons (Fsp3) is 0.824. The van der Waals surface area contributed by atoms with Crippen molar-refractivity contribution in [3.05, 3.63) is 0 Å². The van der Waals surface area contributed by atoms with Gasteiger partial charge in [-0.3, -0.25) is 9.59 Å². The van der Waals surface area contributed by atoms with Crippen molar-refractivity contribution < 1.29 is 24.2 Å². The van der Waals surface area contributed by atoms with E-state index in [1.54, 1.807) is 4.90 Å². The normalized spacial score (nSPS) is 28.5. The first-order chi connectivity index (χ1) is 10.7. The molecule has 1 N–H and O–H groups in total. The van der Waals surface area contributed by atoms with Crippen LogP contribution in [0.1, 0.15) is 59.3 Å². The van der Waals surface area contributed by atoms with E-state index in [1.165, 1.54) is 0 Å². The summed E-state index contributed by atoms with van der Waals surface area (Å²) in [5.74, 6) is -1.99. The summed E-state index contributed by atoms with van der Waals surface area (Å²) in [6, 6.07) is -0.521. The topological polar surface area (TPSA) is 83.9 Å². The van der Waals surface area contributed by atoms with Crippen LogP contribution >= 0.6 is 0 Å². The average Bonchev–Trinajstić information content (AvgIpc) is 2.94. The van der Waals surface area contributed by atoms with E-state index in [-0.39, 0.29) is 17.8 Å². The molecule has 0 aromatic rings. The largest absolute Gasteiger partial charge is 0.481 e. The van der Waals surface area contributed by atoms with E-state index in [9.17, 15) is 19.5 Å². The molecule has 0 aromatic heterocycles. The molecule has 1 amide bonds. The Kier molecular flexibility index (Phi) is 5.32. The highest BCUT2D eigenvalue weighted by molar-refractivity contribution is 5.87. The summed E-state index contributed by atoms with van der Waals surface area (Å²) in [6.45, 7) is 5.98. The Balaban J connectivity index is 2.02. The van der Waals surface area contributed by atoms with Gasteiger partial charge in [-0.1, -0.05) is 6.42 Å². The minimum Gasteiger partial charge on any atom is -0.481 e. The number of likely N-dealkylation sites (tertiary alicyclic amines) is 1. The van der Waals surface area contributed by atoms with Gasteiger partial charge in [-0.15, -0.1) is 0 Å². The maximum Gasteiger partial charge on any atom is 0.329 e. The third kappa shape index (κ3) is 4.45. The van der Waals surface area contributed by atoms with Gasteiger partial charge in [0, 0.05) is 12.5 Å². The molecular weight excluding hydrogens is 298 g/mol. The van der Waals surface area contributed by atoms with Crippen LogP contribution in [0.25, 0.3) is 0 Å². The highest BCUT2D eigenvalue weighted by atomic mass is 16.6. The first-order valence-electron chi connectivity index (χ1n) is 8.45. The van der Waals surface area contributed by atoms with Gasteiger partial charge in [0.2, 0.25) is 5.91 Å². The molecule has 0 radical (unpaired) electrons. The lowest BCUT2D eigenvalue weighted by molar-refractivity contribution is -0.164. The van der Waals surface area contributed by atoms with E-state index >= 15 is 0 Å². The third-order valence-corrected chi connectivity index (χ3v) is 4.59. The average molecular weight is 325 g/mol. The molecule has 1 saturated carbocycles. The van der Waals surface area contributed by atoms with Gasteiger partial charge in [0.05, 0.1) is 5.92 Å². The summed E-state index contributed by atoms with van der Waals surface area (Å²) in [5, 5.41) is 9.17. The standard InChI is InChI=1S/C17H27NO5/c1-17(2,3)23-16(22)13-8-5-9-18(13)14(19)11-6-4-7-12(10-11)15(20)21/h11-13H,4-10H2,1-3H3,(H,20,21)/t11?,12?,13-/m1/s1. The van der Waals surface area contributed by atoms with Crippen molar-refractivity contribution in [2.45, 2.75) is 70.9 Å². The van der Waals surface area contributed by atoms with Crippen LogP contribution in [0.3, 0.4) is 0 Å². The second-order valence-corrected chi connectivity index (χ2v) is 7.62. The summed E-state index contributed by atoms with van der Waals surface area (Å²) in [4.78, 5) is 37.9. The lowest BCUT2D eigenvalue weighted by Crippen LogP contribution is -2.46. The molecule has 6 nitrogen and oxygen atoms in total. The van der Waals surface area contributed by atoms with Crippen molar-refractivity contribution in [2.75, 3.05) is 6.54 Å². The number of carboxylic acid groups (broad SMARTS) is 1. The molecule has 2 rings (SSSR count). The minimum atomic E-state index is -0.826. The van der Waals surface area contributed by atoms with Crippen LogP contribution in [-0.4, -0.2) is 46.0 Å². The molecule has 1 saturated heterocycles. The van der Waals surface area contributed by atoms with E-state index in [0.717, 1.165) is 12.8 Å². The van der Waals surface area contributed by atoms with Gasteiger partial charge >= 0.3 is 11.9 Å². The van der Waals surface area contributed by atoms with Crippen molar-refractivity contribution in [2.24, 2.45) is 11.8 Å². The highest BCUT2D eigenvalue weighted by Crippen LogP contribution is 2.33. The quantitative estimate of drug-likeness (QED) is 0.804.